The molecule has 0 saturated carbocycles. The summed E-state index contributed by atoms with van der Waals surface area (Å²) >= 11 is 0. The second-order valence-electron chi connectivity index (χ2n) is 8.38. The minimum absolute atomic E-state index is 0.179. The molecule has 1 aliphatic rings. The zero-order valence-electron chi connectivity index (χ0n) is 19.6. The van der Waals surface area contributed by atoms with Gasteiger partial charge in [-0.2, -0.15) is 0 Å². The van der Waals surface area contributed by atoms with Crippen molar-refractivity contribution in [2.45, 2.75) is 12.5 Å². The Hall–Kier alpha value is -4.40. The number of benzene rings is 2. The number of fused-ring (bicyclic) bond motifs is 2. The van der Waals surface area contributed by atoms with E-state index in [4.69, 9.17) is 9.47 Å². The van der Waals surface area contributed by atoms with Gasteiger partial charge in [0.15, 0.2) is 11.5 Å². The number of hydrogen-bond donors (Lipinski definition) is 1. The molecule has 0 radical (unpaired) electrons. The first kappa shape index (κ1) is 22.4. The van der Waals surface area contributed by atoms with Gasteiger partial charge in [0, 0.05) is 19.8 Å². The molecule has 35 heavy (non-hydrogen) atoms. The number of carbonyl (C=O) groups excluding carboxylic acids is 1. The highest BCUT2D eigenvalue weighted by molar-refractivity contribution is 5.97. The monoisotopic (exact) mass is 472 g/mol. The number of aryl methyl sites for hydroxylation is 1. The maximum Gasteiger partial charge on any atom is 0.329 e. The van der Waals surface area contributed by atoms with Crippen LogP contribution in [0.4, 0.5) is 0 Å². The van der Waals surface area contributed by atoms with Crippen LogP contribution in [0.2, 0.25) is 0 Å². The molecular weight excluding hydrogens is 448 g/mol. The average Bonchev–Trinajstić information content (AvgIpc) is 2.90. The molecule has 1 aliphatic heterocycles. The van der Waals surface area contributed by atoms with Gasteiger partial charge in [0.05, 0.1) is 31.2 Å². The number of pyridine rings is 1. The third-order valence-corrected chi connectivity index (χ3v) is 6.45. The Balaban J connectivity index is 1.64. The molecule has 3 heterocycles. The molecule has 2 aromatic carbocycles. The number of rotatable bonds is 4. The molecule has 178 valence electrons. The van der Waals surface area contributed by atoms with Crippen molar-refractivity contribution in [2.24, 2.45) is 7.05 Å². The van der Waals surface area contributed by atoms with Gasteiger partial charge in [-0.15, -0.1) is 0 Å². The fraction of sp³-hybridized carbons (Fsp3) is 0.231. The summed E-state index contributed by atoms with van der Waals surface area (Å²) in [4.78, 5) is 46.5. The lowest BCUT2D eigenvalue weighted by Gasteiger charge is -2.38. The summed E-state index contributed by atoms with van der Waals surface area (Å²) in [6, 6.07) is 14.8. The number of carbonyl (C=O) groups is 1. The van der Waals surface area contributed by atoms with Gasteiger partial charge in [-0.3, -0.25) is 19.1 Å². The topological polar surface area (TPSA) is 107 Å². The summed E-state index contributed by atoms with van der Waals surface area (Å²) in [5, 5.41) is 0.179. The van der Waals surface area contributed by atoms with Crippen molar-refractivity contribution < 1.29 is 14.3 Å². The Labute approximate surface area is 200 Å². The number of amides is 1. The van der Waals surface area contributed by atoms with Gasteiger partial charge in [-0.25, -0.2) is 9.78 Å². The van der Waals surface area contributed by atoms with E-state index >= 15 is 0 Å². The molecule has 2 aromatic heterocycles. The van der Waals surface area contributed by atoms with Gasteiger partial charge in [0.25, 0.3) is 11.5 Å². The van der Waals surface area contributed by atoms with Crippen LogP contribution >= 0.6 is 0 Å². The van der Waals surface area contributed by atoms with E-state index in [1.165, 1.54) is 23.9 Å². The number of H-pyrrole nitrogens is 1. The summed E-state index contributed by atoms with van der Waals surface area (Å²) < 4.78 is 12.3. The fourth-order valence-corrected chi connectivity index (χ4v) is 4.68. The van der Waals surface area contributed by atoms with Crippen molar-refractivity contribution >= 4 is 16.9 Å². The van der Waals surface area contributed by atoms with Gasteiger partial charge in [-0.05, 0) is 41.3 Å². The molecule has 4 aromatic rings. The van der Waals surface area contributed by atoms with Crippen LogP contribution in [0.25, 0.3) is 11.0 Å². The number of hydrogen-bond acceptors (Lipinski definition) is 6. The third-order valence-electron chi connectivity index (χ3n) is 6.45. The zero-order chi connectivity index (χ0) is 24.7. The van der Waals surface area contributed by atoms with Crippen LogP contribution in [0.15, 0.2) is 64.3 Å². The highest BCUT2D eigenvalue weighted by Gasteiger charge is 2.34. The summed E-state index contributed by atoms with van der Waals surface area (Å²) in [6.45, 7) is 0.461. The van der Waals surface area contributed by atoms with E-state index in [9.17, 15) is 14.4 Å². The normalized spacial score (nSPS) is 15.1. The first-order valence-electron chi connectivity index (χ1n) is 11.1. The second kappa shape index (κ2) is 8.75. The lowest BCUT2D eigenvalue weighted by atomic mass is 9.87. The van der Waals surface area contributed by atoms with E-state index in [1.807, 2.05) is 42.5 Å². The summed E-state index contributed by atoms with van der Waals surface area (Å²) in [5.74, 6) is 0.963. The van der Waals surface area contributed by atoms with Crippen molar-refractivity contribution in [2.75, 3.05) is 20.8 Å². The number of nitrogens with one attached hydrogen (secondary N) is 1. The predicted octanol–water partition coefficient (Wildman–Crippen LogP) is 2.43. The molecule has 0 spiro atoms. The largest absolute Gasteiger partial charge is 0.493 e. The van der Waals surface area contributed by atoms with Gasteiger partial charge >= 0.3 is 5.69 Å². The van der Waals surface area contributed by atoms with E-state index in [1.54, 1.807) is 19.1 Å². The van der Waals surface area contributed by atoms with Crippen molar-refractivity contribution in [1.82, 2.24) is 19.4 Å². The van der Waals surface area contributed by atoms with Crippen molar-refractivity contribution in [3.05, 3.63) is 97.8 Å². The van der Waals surface area contributed by atoms with E-state index < -0.39 is 11.2 Å². The molecule has 0 fully saturated rings. The molecule has 0 aliphatic carbocycles. The number of aromatic amines is 1. The summed E-state index contributed by atoms with van der Waals surface area (Å²) in [6.07, 6.45) is 2.04. The molecule has 1 unspecified atom stereocenters. The minimum Gasteiger partial charge on any atom is -0.493 e. The number of aromatic nitrogens is 3. The second-order valence-corrected chi connectivity index (χ2v) is 8.38. The van der Waals surface area contributed by atoms with Gasteiger partial charge < -0.3 is 14.4 Å². The first-order valence-corrected chi connectivity index (χ1v) is 11.1. The molecule has 5 rings (SSSR count). The van der Waals surface area contributed by atoms with Gasteiger partial charge in [-0.1, -0.05) is 30.3 Å². The van der Waals surface area contributed by atoms with Crippen LogP contribution in [0.3, 0.4) is 0 Å². The van der Waals surface area contributed by atoms with Crippen LogP contribution in [-0.2, 0) is 13.5 Å². The van der Waals surface area contributed by atoms with E-state index in [0.717, 1.165) is 16.7 Å². The van der Waals surface area contributed by atoms with Crippen molar-refractivity contribution in [3.63, 3.8) is 0 Å². The van der Waals surface area contributed by atoms with E-state index in [2.05, 4.69) is 9.97 Å². The maximum absolute atomic E-state index is 13.8. The maximum atomic E-state index is 13.8. The molecule has 1 N–H and O–H groups in total. The lowest BCUT2D eigenvalue weighted by molar-refractivity contribution is 0.0694. The SMILES string of the molecule is COc1cc2c(cc1OC)C(c1ccccc1)N(C(=O)c1cnc3c(c1)c(=O)[nH]c(=O)n3C)CC2. The molecular formula is C26H24N4O5. The van der Waals surface area contributed by atoms with E-state index in [-0.39, 0.29) is 28.5 Å². The molecule has 0 bridgehead atoms. The number of ether oxygens (including phenoxy) is 2. The highest BCUT2D eigenvalue weighted by atomic mass is 16.5. The van der Waals surface area contributed by atoms with Crippen LogP contribution < -0.4 is 20.7 Å². The minimum atomic E-state index is -0.578. The smallest absolute Gasteiger partial charge is 0.329 e. The lowest BCUT2D eigenvalue weighted by Crippen LogP contribution is -2.41. The summed E-state index contributed by atoms with van der Waals surface area (Å²) in [7, 11) is 4.70. The number of nitrogens with zero attached hydrogens (tertiary/aromatic N) is 3. The van der Waals surface area contributed by atoms with E-state index in [0.29, 0.717) is 24.5 Å². The molecule has 0 saturated heterocycles. The Bertz CT molecular complexity index is 1560. The zero-order valence-corrected chi connectivity index (χ0v) is 19.6. The van der Waals surface area contributed by atoms with Crippen LogP contribution in [0.5, 0.6) is 11.5 Å². The van der Waals surface area contributed by atoms with Gasteiger partial charge in [0.1, 0.15) is 5.65 Å². The van der Waals surface area contributed by atoms with Crippen LogP contribution in [-0.4, -0.2) is 46.1 Å². The highest BCUT2D eigenvalue weighted by Crippen LogP contribution is 2.41. The Morgan fingerprint density at radius 2 is 1.77 bits per heavy atom. The third kappa shape index (κ3) is 3.74. The van der Waals surface area contributed by atoms with Crippen LogP contribution in [0, 0.1) is 0 Å². The standard InChI is InChI=1S/C26H24N4O5/c1-29-23-19(24(31)28-26(29)33)11-17(14-27-23)25(32)30-10-9-16-12-20(34-2)21(35-3)13-18(16)22(30)15-7-5-4-6-8-15/h4-8,11-14,22H,9-10H2,1-3H3,(H,28,31,33). The molecule has 1 amide bonds. The molecule has 1 atom stereocenters. The Kier molecular flexibility index (Phi) is 5.60. The molecule has 9 heteroatoms. The Morgan fingerprint density at radius 3 is 2.49 bits per heavy atom. The summed E-state index contributed by atoms with van der Waals surface area (Å²) in [5.41, 5.74) is 2.32. The van der Waals surface area contributed by atoms with Crippen molar-refractivity contribution in [3.8, 4) is 11.5 Å². The number of methoxy groups -OCH3 is 2. The quantitative estimate of drug-likeness (QED) is 0.489. The van der Waals surface area contributed by atoms with Crippen molar-refractivity contribution in [1.29, 1.82) is 0 Å². The first-order chi connectivity index (χ1) is 16.9. The average molecular weight is 473 g/mol. The van der Waals surface area contributed by atoms with Crippen LogP contribution in [0.1, 0.15) is 33.1 Å². The Morgan fingerprint density at radius 1 is 1.06 bits per heavy atom. The fourth-order valence-electron chi connectivity index (χ4n) is 4.68. The predicted molar refractivity (Wildman–Crippen MR) is 130 cm³/mol. The van der Waals surface area contributed by atoms with Gasteiger partial charge in [0.2, 0.25) is 0 Å². The molecule has 9 nitrogen and oxygen atoms in total.